The first kappa shape index (κ1) is 14.8. The smallest absolute Gasteiger partial charge is 0.258 e. The lowest BCUT2D eigenvalue weighted by Crippen LogP contribution is -2.47. The zero-order valence-electron chi connectivity index (χ0n) is 12.7. The Balaban J connectivity index is 1.83. The van der Waals surface area contributed by atoms with E-state index in [1.54, 1.807) is 0 Å². The summed E-state index contributed by atoms with van der Waals surface area (Å²) in [7, 11) is 0. The fourth-order valence-corrected chi connectivity index (χ4v) is 4.54. The SMILES string of the molecule is CCOc1ccccc1C(=O)N1C2CCC1CC(SC)C2. The maximum absolute atomic E-state index is 13.0. The number of thioether (sulfide) groups is 1. The number of benzene rings is 1. The van der Waals surface area contributed by atoms with E-state index in [1.807, 2.05) is 43.0 Å². The van der Waals surface area contributed by atoms with Crippen LogP contribution in [0.5, 0.6) is 5.75 Å². The number of para-hydroxylation sites is 1. The van der Waals surface area contributed by atoms with Gasteiger partial charge in [0.05, 0.1) is 12.2 Å². The van der Waals surface area contributed by atoms with Crippen LogP contribution >= 0.6 is 11.8 Å². The molecule has 0 aliphatic carbocycles. The van der Waals surface area contributed by atoms with Gasteiger partial charge in [-0.3, -0.25) is 4.79 Å². The Morgan fingerprint density at radius 2 is 1.95 bits per heavy atom. The number of nitrogens with zero attached hydrogens (tertiary/aromatic N) is 1. The van der Waals surface area contributed by atoms with Crippen LogP contribution in [0.15, 0.2) is 24.3 Å². The number of rotatable bonds is 4. The quantitative estimate of drug-likeness (QED) is 0.851. The maximum atomic E-state index is 13.0. The summed E-state index contributed by atoms with van der Waals surface area (Å²) < 4.78 is 5.63. The molecule has 2 saturated heterocycles. The third-order valence-corrected chi connectivity index (χ3v) is 5.73. The number of ether oxygens (including phenoxy) is 1. The molecule has 0 aromatic heterocycles. The Morgan fingerprint density at radius 1 is 1.29 bits per heavy atom. The summed E-state index contributed by atoms with van der Waals surface area (Å²) in [5, 5.41) is 0.716. The molecule has 2 aliphatic heterocycles. The molecule has 2 heterocycles. The van der Waals surface area contributed by atoms with Gasteiger partial charge in [-0.15, -0.1) is 0 Å². The lowest BCUT2D eigenvalue weighted by atomic mass is 10.0. The third kappa shape index (κ3) is 2.78. The van der Waals surface area contributed by atoms with Gasteiger partial charge in [-0.05, 0) is 51.0 Å². The van der Waals surface area contributed by atoms with Crippen molar-refractivity contribution in [3.8, 4) is 5.75 Å². The van der Waals surface area contributed by atoms with Gasteiger partial charge in [0.2, 0.25) is 0 Å². The predicted octanol–water partition coefficient (Wildman–Crippen LogP) is 3.58. The standard InChI is InChI=1S/C17H23NO2S/c1-3-20-16-7-5-4-6-15(16)17(19)18-12-8-9-13(18)11-14(10-12)21-2/h4-7,12-14H,3,8-11H2,1-2H3. The molecule has 2 fully saturated rings. The second-order valence-electron chi connectivity index (χ2n) is 5.86. The summed E-state index contributed by atoms with van der Waals surface area (Å²) in [6.07, 6.45) is 6.78. The van der Waals surface area contributed by atoms with Crippen molar-refractivity contribution < 1.29 is 9.53 Å². The summed E-state index contributed by atoms with van der Waals surface area (Å²) in [5.41, 5.74) is 0.721. The second-order valence-corrected chi connectivity index (χ2v) is 6.99. The van der Waals surface area contributed by atoms with E-state index in [0.29, 0.717) is 23.9 Å². The van der Waals surface area contributed by atoms with Crippen LogP contribution in [0.3, 0.4) is 0 Å². The largest absolute Gasteiger partial charge is 0.493 e. The minimum Gasteiger partial charge on any atom is -0.493 e. The number of carbonyl (C=O) groups is 1. The molecule has 114 valence electrons. The summed E-state index contributed by atoms with van der Waals surface area (Å²) in [5.74, 6) is 0.877. The van der Waals surface area contributed by atoms with Crippen LogP contribution < -0.4 is 4.74 Å². The van der Waals surface area contributed by atoms with Gasteiger partial charge in [0.15, 0.2) is 0 Å². The molecule has 2 atom stereocenters. The number of hydrogen-bond donors (Lipinski definition) is 0. The molecule has 0 spiro atoms. The van der Waals surface area contributed by atoms with Gasteiger partial charge < -0.3 is 9.64 Å². The van der Waals surface area contributed by atoms with Crippen LogP contribution in [0, 0.1) is 0 Å². The van der Waals surface area contributed by atoms with Crippen molar-refractivity contribution in [2.45, 2.75) is 49.9 Å². The molecule has 2 unspecified atom stereocenters. The molecule has 21 heavy (non-hydrogen) atoms. The first-order valence-electron chi connectivity index (χ1n) is 7.81. The van der Waals surface area contributed by atoms with Crippen molar-refractivity contribution in [2.75, 3.05) is 12.9 Å². The van der Waals surface area contributed by atoms with Gasteiger partial charge in [-0.1, -0.05) is 12.1 Å². The Kier molecular flexibility index (Phi) is 4.43. The Hall–Kier alpha value is -1.16. The molecule has 3 nitrogen and oxygen atoms in total. The predicted molar refractivity (Wildman–Crippen MR) is 87.1 cm³/mol. The lowest BCUT2D eigenvalue weighted by molar-refractivity contribution is 0.0597. The molecule has 2 bridgehead atoms. The monoisotopic (exact) mass is 305 g/mol. The number of hydrogen-bond acceptors (Lipinski definition) is 3. The van der Waals surface area contributed by atoms with Crippen molar-refractivity contribution >= 4 is 17.7 Å². The topological polar surface area (TPSA) is 29.5 Å². The van der Waals surface area contributed by atoms with Gasteiger partial charge in [0.1, 0.15) is 5.75 Å². The lowest BCUT2D eigenvalue weighted by Gasteiger charge is -2.38. The van der Waals surface area contributed by atoms with Crippen LogP contribution in [0.25, 0.3) is 0 Å². The summed E-state index contributed by atoms with van der Waals surface area (Å²) in [4.78, 5) is 15.1. The highest BCUT2D eigenvalue weighted by Crippen LogP contribution is 2.40. The molecule has 1 aromatic carbocycles. The molecule has 2 aliphatic rings. The van der Waals surface area contributed by atoms with Crippen molar-refractivity contribution in [2.24, 2.45) is 0 Å². The van der Waals surface area contributed by atoms with Crippen LogP contribution in [-0.4, -0.2) is 41.0 Å². The molecular weight excluding hydrogens is 282 g/mol. The Morgan fingerprint density at radius 3 is 2.57 bits per heavy atom. The average molecular weight is 305 g/mol. The summed E-state index contributed by atoms with van der Waals surface area (Å²) in [6, 6.07) is 8.48. The van der Waals surface area contributed by atoms with E-state index in [-0.39, 0.29) is 5.91 Å². The Bertz CT molecular complexity index is 505. The molecule has 1 aromatic rings. The van der Waals surface area contributed by atoms with Gasteiger partial charge in [0, 0.05) is 17.3 Å². The van der Waals surface area contributed by atoms with E-state index in [4.69, 9.17) is 4.74 Å². The number of amides is 1. The highest BCUT2D eigenvalue weighted by atomic mass is 32.2. The highest BCUT2D eigenvalue weighted by molar-refractivity contribution is 7.99. The molecular formula is C17H23NO2S. The summed E-state index contributed by atoms with van der Waals surface area (Å²) >= 11 is 1.95. The van der Waals surface area contributed by atoms with Gasteiger partial charge >= 0.3 is 0 Å². The zero-order chi connectivity index (χ0) is 14.8. The fraction of sp³-hybridized carbons (Fsp3) is 0.588. The Labute approximate surface area is 131 Å². The van der Waals surface area contributed by atoms with Gasteiger partial charge in [0.25, 0.3) is 5.91 Å². The first-order valence-corrected chi connectivity index (χ1v) is 9.10. The van der Waals surface area contributed by atoms with Crippen molar-refractivity contribution in [1.82, 2.24) is 4.90 Å². The molecule has 4 heteroatoms. The minimum atomic E-state index is 0.158. The number of fused-ring (bicyclic) bond motifs is 2. The molecule has 0 N–H and O–H groups in total. The van der Waals surface area contributed by atoms with Crippen molar-refractivity contribution in [3.63, 3.8) is 0 Å². The fourth-order valence-electron chi connectivity index (χ4n) is 3.71. The molecule has 0 radical (unpaired) electrons. The van der Waals surface area contributed by atoms with Crippen LogP contribution in [-0.2, 0) is 0 Å². The van der Waals surface area contributed by atoms with Crippen LogP contribution in [0.1, 0.15) is 43.0 Å². The highest BCUT2D eigenvalue weighted by Gasteiger charge is 2.43. The van der Waals surface area contributed by atoms with E-state index in [1.165, 1.54) is 0 Å². The normalized spacial score (nSPS) is 27.7. The van der Waals surface area contributed by atoms with E-state index in [0.717, 1.165) is 37.0 Å². The van der Waals surface area contributed by atoms with E-state index < -0.39 is 0 Å². The van der Waals surface area contributed by atoms with Crippen molar-refractivity contribution in [1.29, 1.82) is 0 Å². The van der Waals surface area contributed by atoms with E-state index in [9.17, 15) is 4.79 Å². The second kappa shape index (κ2) is 6.30. The zero-order valence-corrected chi connectivity index (χ0v) is 13.6. The van der Waals surface area contributed by atoms with Crippen molar-refractivity contribution in [3.05, 3.63) is 29.8 Å². The van der Waals surface area contributed by atoms with E-state index in [2.05, 4.69) is 11.2 Å². The number of piperidine rings is 1. The van der Waals surface area contributed by atoms with E-state index >= 15 is 0 Å². The molecule has 1 amide bonds. The first-order chi connectivity index (χ1) is 10.2. The summed E-state index contributed by atoms with van der Waals surface area (Å²) in [6.45, 7) is 2.54. The van der Waals surface area contributed by atoms with Gasteiger partial charge in [-0.2, -0.15) is 11.8 Å². The maximum Gasteiger partial charge on any atom is 0.258 e. The van der Waals surface area contributed by atoms with Gasteiger partial charge in [-0.25, -0.2) is 0 Å². The number of carbonyl (C=O) groups excluding carboxylic acids is 1. The average Bonchev–Trinajstić information content (AvgIpc) is 2.77. The minimum absolute atomic E-state index is 0.158. The molecule has 3 rings (SSSR count). The molecule has 0 saturated carbocycles. The van der Waals surface area contributed by atoms with Crippen LogP contribution in [0.4, 0.5) is 0 Å². The third-order valence-electron chi connectivity index (χ3n) is 4.67. The van der Waals surface area contributed by atoms with Crippen LogP contribution in [0.2, 0.25) is 0 Å².